The molecule has 4 heterocycles. The fraction of sp³-hybridized carbons (Fsp3) is 0.308. The number of aromatic nitrogens is 3. The van der Waals surface area contributed by atoms with Gasteiger partial charge < -0.3 is 9.64 Å². The summed E-state index contributed by atoms with van der Waals surface area (Å²) in [7, 11) is 0. The lowest BCUT2D eigenvalue weighted by Crippen LogP contribution is -2.38. The largest absolute Gasteiger partial charge is 0.367 e. The highest BCUT2D eigenvalue weighted by Crippen LogP contribution is 2.31. The molecule has 3 aromatic rings. The maximum atomic E-state index is 5.83. The fourth-order valence-corrected chi connectivity index (χ4v) is 3.82. The van der Waals surface area contributed by atoms with Crippen molar-refractivity contribution in [3.05, 3.63) is 34.4 Å². The van der Waals surface area contributed by atoms with Crippen molar-refractivity contribution in [1.29, 1.82) is 0 Å². The van der Waals surface area contributed by atoms with Crippen molar-refractivity contribution in [2.24, 2.45) is 0 Å². The third-order valence-electron chi connectivity index (χ3n) is 3.33. The summed E-state index contributed by atoms with van der Waals surface area (Å²) in [4.78, 5) is 16.4. The fourth-order valence-electron chi connectivity index (χ4n) is 2.41. The molecule has 0 bridgehead atoms. The lowest BCUT2D eigenvalue weighted by atomic mass is 10.2. The summed E-state index contributed by atoms with van der Waals surface area (Å²) in [5.74, 6) is 1.00. The minimum Gasteiger partial charge on any atom is -0.367 e. The highest BCUT2D eigenvalue weighted by molar-refractivity contribution is 7.16. The van der Waals surface area contributed by atoms with Crippen molar-refractivity contribution >= 4 is 38.7 Å². The summed E-state index contributed by atoms with van der Waals surface area (Å²) in [5.41, 5.74) is 0. The molecule has 20 heavy (non-hydrogen) atoms. The summed E-state index contributed by atoms with van der Waals surface area (Å²) in [5, 5.41) is 6.20. The Hall–Kier alpha value is -1.57. The molecule has 1 saturated heterocycles. The summed E-state index contributed by atoms with van der Waals surface area (Å²) in [6.45, 7) is 2.33. The van der Waals surface area contributed by atoms with Crippen LogP contribution >= 0.6 is 22.7 Å². The van der Waals surface area contributed by atoms with E-state index in [1.807, 2.05) is 11.6 Å². The molecule has 5 nitrogen and oxygen atoms in total. The number of morpholine rings is 1. The van der Waals surface area contributed by atoms with E-state index in [9.17, 15) is 0 Å². The zero-order valence-electron chi connectivity index (χ0n) is 10.6. The maximum Gasteiger partial charge on any atom is 0.140 e. The van der Waals surface area contributed by atoms with Crippen molar-refractivity contribution in [3.8, 4) is 0 Å². The van der Waals surface area contributed by atoms with Crippen LogP contribution < -0.4 is 4.90 Å². The van der Waals surface area contributed by atoms with E-state index in [-0.39, 0.29) is 6.10 Å². The molecule has 0 aliphatic carbocycles. The van der Waals surface area contributed by atoms with Crippen LogP contribution in [0.3, 0.4) is 0 Å². The molecular formula is C13H12N4OS2. The number of thiazole rings is 1. The van der Waals surface area contributed by atoms with Crippen molar-refractivity contribution in [3.63, 3.8) is 0 Å². The van der Waals surface area contributed by atoms with Gasteiger partial charge in [-0.15, -0.1) is 22.7 Å². The second kappa shape index (κ2) is 5.08. The van der Waals surface area contributed by atoms with E-state index in [4.69, 9.17) is 4.74 Å². The number of ether oxygens (including phenoxy) is 1. The molecule has 0 aromatic carbocycles. The van der Waals surface area contributed by atoms with Crippen LogP contribution in [0.2, 0.25) is 0 Å². The maximum absolute atomic E-state index is 5.83. The van der Waals surface area contributed by atoms with Crippen molar-refractivity contribution in [2.75, 3.05) is 24.6 Å². The van der Waals surface area contributed by atoms with Gasteiger partial charge in [-0.3, -0.25) is 0 Å². The van der Waals surface area contributed by atoms with Gasteiger partial charge in [-0.05, 0) is 11.4 Å². The van der Waals surface area contributed by atoms with Gasteiger partial charge in [0.25, 0.3) is 0 Å². The van der Waals surface area contributed by atoms with Crippen LogP contribution in [-0.4, -0.2) is 34.6 Å². The van der Waals surface area contributed by atoms with Crippen molar-refractivity contribution < 1.29 is 4.74 Å². The van der Waals surface area contributed by atoms with E-state index in [1.165, 1.54) is 0 Å². The third-order valence-corrected chi connectivity index (χ3v) is 5.02. The van der Waals surface area contributed by atoms with Gasteiger partial charge >= 0.3 is 0 Å². The molecule has 4 rings (SSSR count). The minimum absolute atomic E-state index is 0.0346. The molecule has 0 amide bonds. The molecule has 0 N–H and O–H groups in total. The number of rotatable bonds is 2. The summed E-state index contributed by atoms with van der Waals surface area (Å²) in [6.07, 6.45) is 3.50. The summed E-state index contributed by atoms with van der Waals surface area (Å²) in [6, 6.07) is 2.09. The number of hydrogen-bond acceptors (Lipinski definition) is 7. The second-order valence-corrected chi connectivity index (χ2v) is 6.33. The number of hydrogen-bond donors (Lipinski definition) is 0. The summed E-state index contributed by atoms with van der Waals surface area (Å²) < 4.78 is 5.83. The van der Waals surface area contributed by atoms with Crippen molar-refractivity contribution in [1.82, 2.24) is 15.0 Å². The normalized spacial score (nSPS) is 19.6. The van der Waals surface area contributed by atoms with Gasteiger partial charge in [-0.1, -0.05) is 0 Å². The molecule has 3 aromatic heterocycles. The van der Waals surface area contributed by atoms with Gasteiger partial charge in [0.1, 0.15) is 28.1 Å². The van der Waals surface area contributed by atoms with Gasteiger partial charge in [0, 0.05) is 18.1 Å². The van der Waals surface area contributed by atoms with Crippen LogP contribution in [0.15, 0.2) is 29.4 Å². The molecule has 0 radical (unpaired) electrons. The van der Waals surface area contributed by atoms with Crippen molar-refractivity contribution in [2.45, 2.75) is 6.10 Å². The molecule has 1 atom stereocenters. The zero-order valence-corrected chi connectivity index (χ0v) is 12.2. The first-order chi connectivity index (χ1) is 9.92. The van der Waals surface area contributed by atoms with Crippen LogP contribution in [0.4, 0.5) is 5.82 Å². The van der Waals surface area contributed by atoms with Crippen LogP contribution in [0.1, 0.15) is 11.1 Å². The molecule has 1 aliphatic heterocycles. The minimum atomic E-state index is 0.0346. The van der Waals surface area contributed by atoms with Crippen LogP contribution in [0.5, 0.6) is 0 Å². The number of fused-ring (bicyclic) bond motifs is 1. The average Bonchev–Trinajstić information content (AvgIpc) is 3.18. The van der Waals surface area contributed by atoms with Crippen LogP contribution in [0.25, 0.3) is 10.2 Å². The van der Waals surface area contributed by atoms with E-state index < -0.39 is 0 Å². The average molecular weight is 304 g/mol. The third kappa shape index (κ3) is 2.07. The monoisotopic (exact) mass is 304 g/mol. The Balaban J connectivity index is 1.66. The standard InChI is InChI=1S/C13H12N4OS2/c1-5-19-12-9(1)11(15-8-16-12)17-3-4-18-10(7-17)13-14-2-6-20-13/h1-2,5-6,8,10H,3-4,7H2/t10-/m1/s1. The van der Waals surface area contributed by atoms with E-state index >= 15 is 0 Å². The molecule has 0 spiro atoms. The molecule has 0 saturated carbocycles. The number of anilines is 1. The number of thiophene rings is 1. The molecular weight excluding hydrogens is 292 g/mol. The SMILES string of the molecule is c1csc([C@H]2CN(c3ncnc4sccc34)CCO2)n1. The Kier molecular flexibility index (Phi) is 3.10. The lowest BCUT2D eigenvalue weighted by molar-refractivity contribution is 0.0395. The molecule has 1 fully saturated rings. The number of nitrogens with zero attached hydrogens (tertiary/aromatic N) is 4. The first kappa shape index (κ1) is 12.2. The molecule has 7 heteroatoms. The van der Waals surface area contributed by atoms with Gasteiger partial charge in [0.05, 0.1) is 18.5 Å². The van der Waals surface area contributed by atoms with E-state index in [0.717, 1.165) is 34.1 Å². The van der Waals surface area contributed by atoms with Crippen LogP contribution in [0, 0.1) is 0 Å². The Morgan fingerprint density at radius 2 is 2.20 bits per heavy atom. The first-order valence-corrected chi connectivity index (χ1v) is 8.12. The predicted octanol–water partition coefficient (Wildman–Crippen LogP) is 2.73. The Bertz CT molecular complexity index is 712. The van der Waals surface area contributed by atoms with Gasteiger partial charge in [0.2, 0.25) is 0 Å². The summed E-state index contributed by atoms with van der Waals surface area (Å²) >= 11 is 3.28. The van der Waals surface area contributed by atoms with E-state index in [1.54, 1.807) is 29.0 Å². The Morgan fingerprint density at radius 1 is 1.20 bits per heavy atom. The molecule has 0 unspecified atom stereocenters. The van der Waals surface area contributed by atoms with Gasteiger partial charge in [-0.25, -0.2) is 15.0 Å². The zero-order chi connectivity index (χ0) is 13.4. The highest BCUT2D eigenvalue weighted by atomic mass is 32.1. The molecule has 1 aliphatic rings. The highest BCUT2D eigenvalue weighted by Gasteiger charge is 2.25. The second-order valence-electron chi connectivity index (χ2n) is 4.51. The predicted molar refractivity (Wildman–Crippen MR) is 80.4 cm³/mol. The van der Waals surface area contributed by atoms with E-state index in [2.05, 4.69) is 31.3 Å². The Morgan fingerprint density at radius 3 is 3.10 bits per heavy atom. The topological polar surface area (TPSA) is 51.1 Å². The Labute approximate surface area is 123 Å². The van der Waals surface area contributed by atoms with Gasteiger partial charge in [-0.2, -0.15) is 0 Å². The smallest absolute Gasteiger partial charge is 0.140 e. The van der Waals surface area contributed by atoms with Gasteiger partial charge in [0.15, 0.2) is 0 Å². The first-order valence-electron chi connectivity index (χ1n) is 6.36. The van der Waals surface area contributed by atoms with Crippen LogP contribution in [-0.2, 0) is 4.74 Å². The molecule has 102 valence electrons. The van der Waals surface area contributed by atoms with E-state index in [0.29, 0.717) is 6.61 Å². The quantitative estimate of drug-likeness (QED) is 0.728. The lowest BCUT2D eigenvalue weighted by Gasteiger charge is -2.33.